The first-order valence-corrected chi connectivity index (χ1v) is 5.51. The van der Waals surface area contributed by atoms with Gasteiger partial charge in [0.25, 0.3) is 5.56 Å². The molecule has 0 bridgehead atoms. The van der Waals surface area contributed by atoms with E-state index in [1.54, 1.807) is 25.3 Å². The Morgan fingerprint density at radius 3 is 2.72 bits per heavy atom. The van der Waals surface area contributed by atoms with E-state index in [9.17, 15) is 4.79 Å². The van der Waals surface area contributed by atoms with Gasteiger partial charge in [-0.2, -0.15) is 5.10 Å². The molecule has 2 aromatic rings. The Balaban J connectivity index is 2.04. The summed E-state index contributed by atoms with van der Waals surface area (Å²) in [4.78, 5) is 13.7. The lowest BCUT2D eigenvalue weighted by atomic mass is 10.2. The van der Waals surface area contributed by atoms with Gasteiger partial charge in [0, 0.05) is 5.02 Å². The molecule has 1 aromatic carbocycles. The van der Waals surface area contributed by atoms with Crippen LogP contribution in [0.25, 0.3) is 0 Å². The molecule has 0 atom stereocenters. The number of rotatable bonds is 3. The van der Waals surface area contributed by atoms with Gasteiger partial charge in [0.1, 0.15) is 5.69 Å². The number of aromatic amines is 1. The van der Waals surface area contributed by atoms with Crippen LogP contribution < -0.4 is 11.0 Å². The zero-order chi connectivity index (χ0) is 13.0. The Labute approximate surface area is 108 Å². The molecule has 0 saturated heterocycles. The Morgan fingerprint density at radius 1 is 1.33 bits per heavy atom. The summed E-state index contributed by atoms with van der Waals surface area (Å²) in [7, 11) is 0. The van der Waals surface area contributed by atoms with Crippen molar-refractivity contribution in [3.63, 3.8) is 0 Å². The maximum Gasteiger partial charge on any atom is 0.274 e. The molecule has 18 heavy (non-hydrogen) atoms. The maximum atomic E-state index is 11.2. The maximum absolute atomic E-state index is 11.2. The molecule has 0 aliphatic carbocycles. The second-order valence-corrected chi connectivity index (χ2v) is 3.95. The van der Waals surface area contributed by atoms with E-state index in [2.05, 4.69) is 25.7 Å². The van der Waals surface area contributed by atoms with E-state index in [0.29, 0.717) is 10.7 Å². The summed E-state index contributed by atoms with van der Waals surface area (Å²) in [5.74, 6) is 0.191. The second kappa shape index (κ2) is 5.42. The van der Waals surface area contributed by atoms with Crippen LogP contribution in [-0.4, -0.2) is 21.4 Å². The molecular formula is C11H10ClN5O. The smallest absolute Gasteiger partial charge is 0.274 e. The van der Waals surface area contributed by atoms with Crippen molar-refractivity contribution in [2.24, 2.45) is 5.10 Å². The Kier molecular flexibility index (Phi) is 3.69. The van der Waals surface area contributed by atoms with Gasteiger partial charge < -0.3 is 0 Å². The number of anilines is 1. The molecule has 2 N–H and O–H groups in total. The van der Waals surface area contributed by atoms with Crippen LogP contribution in [0.2, 0.25) is 5.02 Å². The predicted molar refractivity (Wildman–Crippen MR) is 70.1 cm³/mol. The largest absolute Gasteiger partial charge is 0.288 e. The lowest BCUT2D eigenvalue weighted by Crippen LogP contribution is -2.15. The molecule has 1 aromatic heterocycles. The van der Waals surface area contributed by atoms with Crippen molar-refractivity contribution >= 4 is 23.8 Å². The van der Waals surface area contributed by atoms with E-state index in [1.165, 1.54) is 0 Å². The van der Waals surface area contributed by atoms with Gasteiger partial charge in [0.05, 0.1) is 6.21 Å². The average Bonchev–Trinajstić information content (AvgIpc) is 2.36. The molecule has 7 heteroatoms. The summed E-state index contributed by atoms with van der Waals surface area (Å²) < 4.78 is 0. The monoisotopic (exact) mass is 263 g/mol. The summed E-state index contributed by atoms with van der Waals surface area (Å²) in [5, 5.41) is 12.0. The zero-order valence-corrected chi connectivity index (χ0v) is 10.3. The van der Waals surface area contributed by atoms with Crippen LogP contribution >= 0.6 is 11.6 Å². The first-order valence-electron chi connectivity index (χ1n) is 5.13. The van der Waals surface area contributed by atoms with Crippen molar-refractivity contribution in [3.05, 3.63) is 50.9 Å². The lowest BCUT2D eigenvalue weighted by molar-refractivity contribution is 0.897. The van der Waals surface area contributed by atoms with Gasteiger partial charge in [-0.25, -0.2) is 5.43 Å². The first kappa shape index (κ1) is 12.3. The quantitative estimate of drug-likeness (QED) is 0.650. The highest BCUT2D eigenvalue weighted by molar-refractivity contribution is 6.30. The molecular weight excluding hydrogens is 254 g/mol. The Bertz CT molecular complexity index is 620. The molecule has 0 unspecified atom stereocenters. The van der Waals surface area contributed by atoms with E-state index in [0.717, 1.165) is 5.56 Å². The number of hydrogen-bond acceptors (Lipinski definition) is 5. The first-order chi connectivity index (χ1) is 8.65. The standard InChI is InChI=1S/C11H10ClN5O/c1-7-10(18)14-11(17-15-7)16-13-6-8-2-4-9(12)5-3-8/h2-6H,1H3,(H2,14,16,17,18)/b13-6-. The molecule has 92 valence electrons. The number of H-pyrrole nitrogens is 1. The van der Waals surface area contributed by atoms with E-state index < -0.39 is 0 Å². The van der Waals surface area contributed by atoms with E-state index in [-0.39, 0.29) is 11.5 Å². The molecule has 1 heterocycles. The zero-order valence-electron chi connectivity index (χ0n) is 9.51. The third-order valence-electron chi connectivity index (χ3n) is 2.11. The van der Waals surface area contributed by atoms with Crippen LogP contribution in [0.4, 0.5) is 5.95 Å². The van der Waals surface area contributed by atoms with Crippen molar-refractivity contribution in [1.29, 1.82) is 0 Å². The van der Waals surface area contributed by atoms with Crippen LogP contribution in [0.3, 0.4) is 0 Å². The number of hydrogen-bond donors (Lipinski definition) is 2. The van der Waals surface area contributed by atoms with Gasteiger partial charge >= 0.3 is 0 Å². The number of benzene rings is 1. The molecule has 0 aliphatic heterocycles. The van der Waals surface area contributed by atoms with Crippen LogP contribution in [0.15, 0.2) is 34.2 Å². The SMILES string of the molecule is Cc1nnc(N/N=C\c2ccc(Cl)cc2)[nH]c1=O. The summed E-state index contributed by atoms with van der Waals surface area (Å²) >= 11 is 5.76. The van der Waals surface area contributed by atoms with Crippen molar-refractivity contribution in [1.82, 2.24) is 15.2 Å². The summed E-state index contributed by atoms with van der Waals surface area (Å²) in [5.41, 5.74) is 3.46. The number of aromatic nitrogens is 3. The average molecular weight is 264 g/mol. The van der Waals surface area contributed by atoms with Crippen molar-refractivity contribution < 1.29 is 0 Å². The summed E-state index contributed by atoms with van der Waals surface area (Å²) in [6.07, 6.45) is 1.58. The van der Waals surface area contributed by atoms with Crippen LogP contribution in [0.5, 0.6) is 0 Å². The molecule has 0 saturated carbocycles. The third kappa shape index (κ3) is 3.14. The fourth-order valence-corrected chi connectivity index (χ4v) is 1.29. The minimum absolute atomic E-state index is 0.191. The van der Waals surface area contributed by atoms with E-state index in [4.69, 9.17) is 11.6 Å². The van der Waals surface area contributed by atoms with Crippen LogP contribution in [0.1, 0.15) is 11.3 Å². The Morgan fingerprint density at radius 2 is 2.06 bits per heavy atom. The van der Waals surface area contributed by atoms with Crippen LogP contribution in [0, 0.1) is 6.92 Å². The summed E-state index contributed by atoms with van der Waals surface area (Å²) in [6, 6.07) is 7.15. The van der Waals surface area contributed by atoms with Gasteiger partial charge in [-0.1, -0.05) is 23.7 Å². The number of hydrazone groups is 1. The van der Waals surface area contributed by atoms with Gasteiger partial charge in [-0.15, -0.1) is 10.2 Å². The molecule has 6 nitrogen and oxygen atoms in total. The molecule has 0 radical (unpaired) electrons. The predicted octanol–water partition coefficient (Wildman–Crippen LogP) is 1.57. The molecule has 2 rings (SSSR count). The fourth-order valence-electron chi connectivity index (χ4n) is 1.16. The number of nitrogens with one attached hydrogen (secondary N) is 2. The van der Waals surface area contributed by atoms with Gasteiger partial charge in [0.2, 0.25) is 5.95 Å². The van der Waals surface area contributed by atoms with E-state index >= 15 is 0 Å². The number of aryl methyl sites for hydroxylation is 1. The summed E-state index contributed by atoms with van der Waals surface area (Å²) in [6.45, 7) is 1.58. The Hall–Kier alpha value is -2.21. The molecule has 0 fully saturated rings. The molecule has 0 aliphatic rings. The van der Waals surface area contributed by atoms with Gasteiger partial charge in [0.15, 0.2) is 0 Å². The third-order valence-corrected chi connectivity index (χ3v) is 2.37. The normalized spacial score (nSPS) is 10.8. The van der Waals surface area contributed by atoms with Gasteiger partial charge in [-0.3, -0.25) is 9.78 Å². The number of halogens is 1. The minimum Gasteiger partial charge on any atom is -0.288 e. The van der Waals surface area contributed by atoms with Gasteiger partial charge in [-0.05, 0) is 24.6 Å². The lowest BCUT2D eigenvalue weighted by Gasteiger charge is -1.98. The molecule has 0 spiro atoms. The minimum atomic E-state index is -0.297. The molecule has 0 amide bonds. The second-order valence-electron chi connectivity index (χ2n) is 3.51. The van der Waals surface area contributed by atoms with Crippen molar-refractivity contribution in [3.8, 4) is 0 Å². The highest BCUT2D eigenvalue weighted by Gasteiger charge is 1.97. The van der Waals surface area contributed by atoms with Crippen LogP contribution in [-0.2, 0) is 0 Å². The van der Waals surface area contributed by atoms with Crippen molar-refractivity contribution in [2.75, 3.05) is 5.43 Å². The van der Waals surface area contributed by atoms with E-state index in [1.807, 2.05) is 12.1 Å². The highest BCUT2D eigenvalue weighted by atomic mass is 35.5. The topological polar surface area (TPSA) is 83.0 Å². The number of nitrogens with zero attached hydrogens (tertiary/aromatic N) is 3. The highest BCUT2D eigenvalue weighted by Crippen LogP contribution is 2.07. The van der Waals surface area contributed by atoms with Crippen molar-refractivity contribution in [2.45, 2.75) is 6.92 Å². The fraction of sp³-hybridized carbons (Fsp3) is 0.0909.